The molecule has 1 heterocycles. The molecule has 0 aromatic heterocycles. The molecule has 1 saturated heterocycles. The molecule has 0 N–H and O–H groups in total. The molecule has 1 fully saturated rings. The van der Waals surface area contributed by atoms with Gasteiger partial charge >= 0.3 is 0 Å². The molecular weight excluding hydrogens is 281 g/mol. The average molecular weight is 304 g/mol. The number of likely N-dealkylation sites (tertiary alicyclic amines) is 1. The van der Waals surface area contributed by atoms with Crippen LogP contribution < -0.4 is 4.74 Å². The van der Waals surface area contributed by atoms with Crippen LogP contribution >= 0.6 is 24.0 Å². The first-order chi connectivity index (χ1) is 8.84. The van der Waals surface area contributed by atoms with Gasteiger partial charge in [0.15, 0.2) is 0 Å². The van der Waals surface area contributed by atoms with Crippen LogP contribution in [-0.2, 0) is 0 Å². The predicted molar refractivity (Wildman–Crippen MR) is 83.7 cm³/mol. The maximum atomic E-state index is 5.83. The van der Waals surface area contributed by atoms with E-state index in [4.69, 9.17) is 16.3 Å². The van der Waals surface area contributed by atoms with Crippen molar-refractivity contribution in [3.63, 3.8) is 0 Å². The third-order valence-corrected chi connectivity index (χ3v) is 3.65. The van der Waals surface area contributed by atoms with E-state index < -0.39 is 0 Å². The van der Waals surface area contributed by atoms with Gasteiger partial charge in [-0.2, -0.15) is 0 Å². The van der Waals surface area contributed by atoms with E-state index in [2.05, 4.69) is 4.90 Å². The Morgan fingerprint density at radius 3 is 2.26 bits per heavy atom. The number of hydrogen-bond donors (Lipinski definition) is 0. The van der Waals surface area contributed by atoms with E-state index in [1.165, 1.54) is 38.8 Å². The van der Waals surface area contributed by atoms with Gasteiger partial charge in [0.1, 0.15) is 5.75 Å². The highest BCUT2D eigenvalue weighted by Crippen LogP contribution is 2.16. The summed E-state index contributed by atoms with van der Waals surface area (Å²) in [6.45, 7) is 4.48. The Morgan fingerprint density at radius 2 is 1.63 bits per heavy atom. The summed E-state index contributed by atoms with van der Waals surface area (Å²) in [4.78, 5) is 2.57. The maximum Gasteiger partial charge on any atom is 0.119 e. The Kier molecular flexibility index (Phi) is 8.27. The van der Waals surface area contributed by atoms with Crippen molar-refractivity contribution in [1.82, 2.24) is 4.90 Å². The monoisotopic (exact) mass is 303 g/mol. The summed E-state index contributed by atoms with van der Waals surface area (Å²) in [5.41, 5.74) is 0. The topological polar surface area (TPSA) is 12.5 Å². The van der Waals surface area contributed by atoms with Crippen molar-refractivity contribution in [2.75, 3.05) is 26.2 Å². The fourth-order valence-electron chi connectivity index (χ4n) is 2.37. The molecule has 2 nitrogen and oxygen atoms in total. The summed E-state index contributed by atoms with van der Waals surface area (Å²) in [6, 6.07) is 7.58. The van der Waals surface area contributed by atoms with Crippen molar-refractivity contribution >= 4 is 24.0 Å². The summed E-state index contributed by atoms with van der Waals surface area (Å²) in [6.07, 6.45) is 6.62. The molecule has 19 heavy (non-hydrogen) atoms. The van der Waals surface area contributed by atoms with Gasteiger partial charge in [-0.25, -0.2) is 0 Å². The van der Waals surface area contributed by atoms with Crippen LogP contribution in [0, 0.1) is 0 Å². The van der Waals surface area contributed by atoms with Crippen LogP contribution in [0.25, 0.3) is 0 Å². The molecule has 4 heteroatoms. The smallest absolute Gasteiger partial charge is 0.119 e. The average Bonchev–Trinajstić information content (AvgIpc) is 2.65. The molecule has 1 aromatic carbocycles. The van der Waals surface area contributed by atoms with Crippen molar-refractivity contribution in [1.29, 1.82) is 0 Å². The highest BCUT2D eigenvalue weighted by atomic mass is 35.5. The van der Waals surface area contributed by atoms with Gasteiger partial charge in [0.2, 0.25) is 0 Å². The normalized spacial score (nSPS) is 16.5. The Morgan fingerprint density at radius 1 is 1.00 bits per heavy atom. The molecule has 0 spiro atoms. The van der Waals surface area contributed by atoms with Crippen molar-refractivity contribution in [2.24, 2.45) is 0 Å². The molecule has 1 aliphatic rings. The van der Waals surface area contributed by atoms with Crippen LogP contribution in [0.5, 0.6) is 5.75 Å². The Balaban J connectivity index is 0.00000180. The summed E-state index contributed by atoms with van der Waals surface area (Å²) in [5, 5.41) is 0.756. The molecule has 1 aromatic rings. The molecule has 2 rings (SSSR count). The summed E-state index contributed by atoms with van der Waals surface area (Å²) >= 11 is 5.83. The first-order valence-electron chi connectivity index (χ1n) is 6.95. The molecule has 1 aliphatic heterocycles. The number of nitrogens with zero attached hydrogens (tertiary/aromatic N) is 1. The molecule has 0 unspecified atom stereocenters. The lowest BCUT2D eigenvalue weighted by atomic mass is 10.2. The van der Waals surface area contributed by atoms with Gasteiger partial charge in [0.25, 0.3) is 0 Å². The second-order valence-corrected chi connectivity index (χ2v) is 5.35. The van der Waals surface area contributed by atoms with Crippen molar-refractivity contribution < 1.29 is 4.74 Å². The fraction of sp³-hybridized carbons (Fsp3) is 0.600. The lowest BCUT2D eigenvalue weighted by Crippen LogP contribution is -2.26. The lowest BCUT2D eigenvalue weighted by molar-refractivity contribution is 0.240. The maximum absolute atomic E-state index is 5.83. The molecule has 0 atom stereocenters. The highest BCUT2D eigenvalue weighted by molar-refractivity contribution is 6.30. The van der Waals surface area contributed by atoms with E-state index in [1.54, 1.807) is 0 Å². The Bertz CT molecular complexity index is 335. The Labute approximate surface area is 127 Å². The van der Waals surface area contributed by atoms with Gasteiger partial charge in [-0.1, -0.05) is 24.4 Å². The molecule has 0 amide bonds. The van der Waals surface area contributed by atoms with Crippen LogP contribution in [0.15, 0.2) is 24.3 Å². The summed E-state index contributed by atoms with van der Waals surface area (Å²) in [5.74, 6) is 0.912. The third-order valence-electron chi connectivity index (χ3n) is 3.40. The van der Waals surface area contributed by atoms with Gasteiger partial charge in [0, 0.05) is 11.6 Å². The molecule has 0 bridgehead atoms. The quantitative estimate of drug-likeness (QED) is 0.747. The second-order valence-electron chi connectivity index (χ2n) is 4.91. The summed E-state index contributed by atoms with van der Waals surface area (Å²) < 4.78 is 5.70. The van der Waals surface area contributed by atoms with Crippen LogP contribution in [0.3, 0.4) is 0 Å². The van der Waals surface area contributed by atoms with Crippen molar-refractivity contribution in [3.05, 3.63) is 29.3 Å². The number of ether oxygens (including phenoxy) is 1. The number of halogens is 2. The third kappa shape index (κ3) is 6.51. The standard InChI is InChI=1S/C15H22ClNO.ClH/c16-14-6-8-15(9-7-14)18-13-5-12-17-10-3-1-2-4-11-17;/h6-9H,1-5,10-13H2;1H. The number of rotatable bonds is 5. The number of hydrogen-bond acceptors (Lipinski definition) is 2. The second kappa shape index (κ2) is 9.46. The zero-order valence-corrected chi connectivity index (χ0v) is 12.9. The first kappa shape index (κ1) is 16.6. The minimum absolute atomic E-state index is 0. The first-order valence-corrected chi connectivity index (χ1v) is 7.33. The molecule has 0 radical (unpaired) electrons. The van der Waals surface area contributed by atoms with E-state index in [-0.39, 0.29) is 12.4 Å². The van der Waals surface area contributed by atoms with Crippen molar-refractivity contribution in [3.8, 4) is 5.75 Å². The van der Waals surface area contributed by atoms with Gasteiger partial charge in [0.05, 0.1) is 6.61 Å². The minimum atomic E-state index is 0. The van der Waals surface area contributed by atoms with Crippen LogP contribution in [0.2, 0.25) is 5.02 Å². The summed E-state index contributed by atoms with van der Waals surface area (Å²) in [7, 11) is 0. The molecule has 108 valence electrons. The van der Waals surface area contributed by atoms with E-state index in [1.807, 2.05) is 24.3 Å². The SMILES string of the molecule is Cl.Clc1ccc(OCCCN2CCCCCC2)cc1. The van der Waals surface area contributed by atoms with Crippen LogP contribution in [-0.4, -0.2) is 31.1 Å². The molecule has 0 aliphatic carbocycles. The van der Waals surface area contributed by atoms with Gasteiger partial charge in [-0.3, -0.25) is 0 Å². The van der Waals surface area contributed by atoms with Crippen LogP contribution in [0.4, 0.5) is 0 Å². The van der Waals surface area contributed by atoms with Gasteiger partial charge in [-0.15, -0.1) is 12.4 Å². The zero-order chi connectivity index (χ0) is 12.6. The van der Waals surface area contributed by atoms with Crippen molar-refractivity contribution in [2.45, 2.75) is 32.1 Å². The van der Waals surface area contributed by atoms with E-state index in [9.17, 15) is 0 Å². The van der Waals surface area contributed by atoms with Gasteiger partial charge in [-0.05, 0) is 56.6 Å². The molecular formula is C15H23Cl2NO. The van der Waals surface area contributed by atoms with Crippen LogP contribution in [0.1, 0.15) is 32.1 Å². The minimum Gasteiger partial charge on any atom is -0.494 e. The number of benzene rings is 1. The van der Waals surface area contributed by atoms with E-state index in [0.29, 0.717) is 0 Å². The predicted octanol–water partition coefficient (Wildman–Crippen LogP) is 4.41. The Hall–Kier alpha value is -0.440. The lowest BCUT2D eigenvalue weighted by Gasteiger charge is -2.19. The van der Waals surface area contributed by atoms with E-state index >= 15 is 0 Å². The highest BCUT2D eigenvalue weighted by Gasteiger charge is 2.08. The van der Waals surface area contributed by atoms with Gasteiger partial charge < -0.3 is 9.64 Å². The molecule has 0 saturated carbocycles. The largest absolute Gasteiger partial charge is 0.494 e. The zero-order valence-electron chi connectivity index (χ0n) is 11.3. The van der Waals surface area contributed by atoms with E-state index in [0.717, 1.165) is 30.3 Å². The fourth-order valence-corrected chi connectivity index (χ4v) is 2.49.